The Balaban J connectivity index is 1.67. The van der Waals surface area contributed by atoms with Crippen LogP contribution in [0.3, 0.4) is 0 Å². The summed E-state index contributed by atoms with van der Waals surface area (Å²) >= 11 is 0. The lowest BCUT2D eigenvalue weighted by atomic mass is 10.1. The summed E-state index contributed by atoms with van der Waals surface area (Å²) in [6, 6.07) is 0.00110. The van der Waals surface area contributed by atoms with Crippen molar-refractivity contribution in [2.24, 2.45) is 4.99 Å². The van der Waals surface area contributed by atoms with Gasteiger partial charge in [-0.2, -0.15) is 0 Å². The Kier molecular flexibility index (Phi) is 5.65. The first-order valence-electron chi connectivity index (χ1n) is 7.49. The van der Waals surface area contributed by atoms with Crippen LogP contribution in [0.4, 0.5) is 0 Å². The van der Waals surface area contributed by atoms with Crippen LogP contribution in [0.1, 0.15) is 25.7 Å². The molecule has 0 aromatic heterocycles. The van der Waals surface area contributed by atoms with E-state index in [9.17, 15) is 8.42 Å². The maximum Gasteiger partial charge on any atom is 0.191 e. The molecule has 0 amide bonds. The minimum absolute atomic E-state index is 0.00110. The molecule has 2 aliphatic rings. The average molecular weight is 302 g/mol. The Labute approximate surface area is 121 Å². The summed E-state index contributed by atoms with van der Waals surface area (Å²) in [7, 11) is -1.12. The van der Waals surface area contributed by atoms with Gasteiger partial charge in [-0.05, 0) is 32.4 Å². The van der Waals surface area contributed by atoms with Gasteiger partial charge in [0.2, 0.25) is 0 Å². The molecular weight excluding hydrogens is 276 g/mol. The number of aliphatic imine (C=N–C) groups is 1. The van der Waals surface area contributed by atoms with Gasteiger partial charge in [0.05, 0.1) is 11.5 Å². The Morgan fingerprint density at radius 2 is 2.05 bits per heavy atom. The first-order valence-corrected chi connectivity index (χ1v) is 9.31. The van der Waals surface area contributed by atoms with Crippen LogP contribution in [0.25, 0.3) is 0 Å². The van der Waals surface area contributed by atoms with Crippen molar-refractivity contribution in [2.45, 2.75) is 31.7 Å². The molecule has 7 heteroatoms. The third-order valence-corrected chi connectivity index (χ3v) is 5.73. The second-order valence-corrected chi connectivity index (χ2v) is 7.87. The van der Waals surface area contributed by atoms with Gasteiger partial charge in [0.25, 0.3) is 0 Å². The predicted molar refractivity (Wildman–Crippen MR) is 81.8 cm³/mol. The van der Waals surface area contributed by atoms with Gasteiger partial charge in [0.1, 0.15) is 0 Å². The molecule has 0 bridgehead atoms. The van der Waals surface area contributed by atoms with Crippen LogP contribution in [-0.4, -0.2) is 70.1 Å². The molecule has 2 heterocycles. The largest absolute Gasteiger partial charge is 0.355 e. The normalized spacial score (nSPS) is 27.4. The molecule has 0 aliphatic carbocycles. The first kappa shape index (κ1) is 15.6. The zero-order chi connectivity index (χ0) is 14.4. The number of nitrogens with one attached hydrogen (secondary N) is 2. The molecule has 116 valence electrons. The summed E-state index contributed by atoms with van der Waals surface area (Å²) in [6.07, 6.45) is 4.62. The number of rotatable bonds is 4. The fourth-order valence-electron chi connectivity index (χ4n) is 2.81. The van der Waals surface area contributed by atoms with E-state index in [-0.39, 0.29) is 17.5 Å². The summed E-state index contributed by atoms with van der Waals surface area (Å²) in [5, 5.41) is 6.47. The van der Waals surface area contributed by atoms with Crippen molar-refractivity contribution in [1.82, 2.24) is 15.5 Å². The van der Waals surface area contributed by atoms with Crippen molar-refractivity contribution in [1.29, 1.82) is 0 Å². The van der Waals surface area contributed by atoms with Crippen molar-refractivity contribution in [3.05, 3.63) is 0 Å². The van der Waals surface area contributed by atoms with Crippen LogP contribution >= 0.6 is 0 Å². The Morgan fingerprint density at radius 1 is 1.30 bits per heavy atom. The molecule has 1 atom stereocenters. The number of hydrogen-bond donors (Lipinski definition) is 2. The van der Waals surface area contributed by atoms with Gasteiger partial charge < -0.3 is 15.5 Å². The van der Waals surface area contributed by atoms with E-state index in [1.54, 1.807) is 7.05 Å². The molecule has 0 saturated carbocycles. The average Bonchev–Trinajstić information content (AvgIpc) is 2.78. The highest BCUT2D eigenvalue weighted by atomic mass is 32.2. The van der Waals surface area contributed by atoms with E-state index in [0.717, 1.165) is 13.1 Å². The summed E-state index contributed by atoms with van der Waals surface area (Å²) in [6.45, 7) is 4.24. The van der Waals surface area contributed by atoms with Crippen LogP contribution in [0, 0.1) is 0 Å². The SMILES string of the molecule is CN=C(NCCN1CCCCC1)NC1CCS(=O)(=O)C1. The van der Waals surface area contributed by atoms with Crippen molar-refractivity contribution < 1.29 is 8.42 Å². The molecule has 0 aromatic rings. The Bertz CT molecular complexity index is 430. The molecule has 20 heavy (non-hydrogen) atoms. The van der Waals surface area contributed by atoms with Crippen LogP contribution in [0.2, 0.25) is 0 Å². The maximum atomic E-state index is 11.4. The summed E-state index contributed by atoms with van der Waals surface area (Å²) in [5.41, 5.74) is 0. The van der Waals surface area contributed by atoms with E-state index in [4.69, 9.17) is 0 Å². The highest BCUT2D eigenvalue weighted by molar-refractivity contribution is 7.91. The minimum atomic E-state index is -2.84. The summed E-state index contributed by atoms with van der Waals surface area (Å²) in [5.74, 6) is 1.22. The third-order valence-electron chi connectivity index (χ3n) is 3.97. The lowest BCUT2D eigenvalue weighted by molar-refractivity contribution is 0.232. The second kappa shape index (κ2) is 7.26. The Morgan fingerprint density at radius 3 is 2.65 bits per heavy atom. The smallest absolute Gasteiger partial charge is 0.191 e. The van der Waals surface area contributed by atoms with E-state index in [2.05, 4.69) is 20.5 Å². The van der Waals surface area contributed by atoms with Gasteiger partial charge >= 0.3 is 0 Å². The maximum absolute atomic E-state index is 11.4. The van der Waals surface area contributed by atoms with Gasteiger partial charge in [0.15, 0.2) is 15.8 Å². The minimum Gasteiger partial charge on any atom is -0.355 e. The van der Waals surface area contributed by atoms with Crippen molar-refractivity contribution in [3.8, 4) is 0 Å². The van der Waals surface area contributed by atoms with Gasteiger partial charge in [-0.3, -0.25) is 4.99 Å². The van der Waals surface area contributed by atoms with Crippen LogP contribution < -0.4 is 10.6 Å². The van der Waals surface area contributed by atoms with Crippen LogP contribution in [-0.2, 0) is 9.84 Å². The summed E-state index contributed by atoms with van der Waals surface area (Å²) in [4.78, 5) is 6.63. The van der Waals surface area contributed by atoms with E-state index in [1.165, 1.54) is 32.4 Å². The fraction of sp³-hybridized carbons (Fsp3) is 0.923. The number of likely N-dealkylation sites (tertiary alicyclic amines) is 1. The zero-order valence-electron chi connectivity index (χ0n) is 12.3. The second-order valence-electron chi connectivity index (χ2n) is 5.65. The molecular formula is C13H26N4O2S. The lowest BCUT2D eigenvalue weighted by Crippen LogP contribution is -2.46. The van der Waals surface area contributed by atoms with Gasteiger partial charge in [0, 0.05) is 26.2 Å². The van der Waals surface area contributed by atoms with E-state index in [1.807, 2.05) is 0 Å². The fourth-order valence-corrected chi connectivity index (χ4v) is 4.49. The number of sulfone groups is 1. The lowest BCUT2D eigenvalue weighted by Gasteiger charge is -2.26. The number of nitrogens with zero attached hydrogens (tertiary/aromatic N) is 2. The number of piperidine rings is 1. The Hall–Kier alpha value is -0.820. The van der Waals surface area contributed by atoms with Crippen molar-refractivity contribution in [2.75, 3.05) is 44.7 Å². The van der Waals surface area contributed by atoms with Crippen LogP contribution in [0.15, 0.2) is 4.99 Å². The highest BCUT2D eigenvalue weighted by Gasteiger charge is 2.28. The zero-order valence-corrected chi connectivity index (χ0v) is 13.1. The first-order chi connectivity index (χ1) is 9.59. The van der Waals surface area contributed by atoms with Crippen LogP contribution in [0.5, 0.6) is 0 Å². The van der Waals surface area contributed by atoms with Crippen molar-refractivity contribution >= 4 is 15.8 Å². The highest BCUT2D eigenvalue weighted by Crippen LogP contribution is 2.11. The molecule has 0 aromatic carbocycles. The van der Waals surface area contributed by atoms with E-state index < -0.39 is 9.84 Å². The third kappa shape index (κ3) is 4.94. The predicted octanol–water partition coefficient (Wildman–Crippen LogP) is -0.176. The topological polar surface area (TPSA) is 73.8 Å². The van der Waals surface area contributed by atoms with Gasteiger partial charge in [-0.15, -0.1) is 0 Å². The van der Waals surface area contributed by atoms with Gasteiger partial charge in [-0.25, -0.2) is 8.42 Å². The molecule has 6 nitrogen and oxygen atoms in total. The molecule has 2 N–H and O–H groups in total. The van der Waals surface area contributed by atoms with Gasteiger partial charge in [-0.1, -0.05) is 6.42 Å². The number of hydrogen-bond acceptors (Lipinski definition) is 4. The standard InChI is InChI=1S/C13H26N4O2S/c1-14-13(16-12-5-10-20(18,19)11-12)15-6-9-17-7-3-2-4-8-17/h12H,2-11H2,1H3,(H2,14,15,16). The molecule has 2 fully saturated rings. The number of guanidine groups is 1. The summed E-state index contributed by atoms with van der Waals surface area (Å²) < 4.78 is 22.8. The van der Waals surface area contributed by atoms with E-state index in [0.29, 0.717) is 12.4 Å². The quantitative estimate of drug-likeness (QED) is 0.557. The molecule has 0 radical (unpaired) electrons. The molecule has 1 unspecified atom stereocenters. The molecule has 0 spiro atoms. The monoisotopic (exact) mass is 302 g/mol. The molecule has 2 aliphatic heterocycles. The molecule has 2 saturated heterocycles. The molecule has 2 rings (SSSR count). The van der Waals surface area contributed by atoms with Crippen molar-refractivity contribution in [3.63, 3.8) is 0 Å². The van der Waals surface area contributed by atoms with E-state index >= 15 is 0 Å².